The van der Waals surface area contributed by atoms with E-state index >= 15 is 0 Å². The largest absolute Gasteiger partial charge is 0.490 e. The second-order valence-corrected chi connectivity index (χ2v) is 5.86. The lowest BCUT2D eigenvalue weighted by atomic mass is 9.99. The molecule has 3 rings (SSSR count). The first-order valence-electron chi connectivity index (χ1n) is 7.48. The second kappa shape index (κ2) is 7.20. The topological polar surface area (TPSA) is 87.5 Å². The number of carbonyl (C=O) groups is 2. The van der Waals surface area contributed by atoms with Gasteiger partial charge in [0.1, 0.15) is 0 Å². The molecule has 0 saturated carbocycles. The Balaban J connectivity index is 0.000000256. The quantitative estimate of drug-likeness (QED) is 0.829. The molecule has 0 radical (unpaired) electrons. The van der Waals surface area contributed by atoms with Crippen molar-refractivity contribution in [2.45, 2.75) is 44.1 Å². The van der Waals surface area contributed by atoms with Crippen molar-refractivity contribution in [3.8, 4) is 0 Å². The van der Waals surface area contributed by atoms with Gasteiger partial charge in [0, 0.05) is 50.4 Å². The number of halogens is 3. The Labute approximate surface area is 136 Å². The second-order valence-electron chi connectivity index (χ2n) is 5.86. The van der Waals surface area contributed by atoms with Crippen LogP contribution in [0.5, 0.6) is 0 Å². The van der Waals surface area contributed by atoms with E-state index in [9.17, 15) is 18.0 Å². The summed E-state index contributed by atoms with van der Waals surface area (Å²) in [5.41, 5.74) is 1.25. The number of aryl methyl sites for hydroxylation is 1. The molecule has 0 unspecified atom stereocenters. The maximum atomic E-state index is 11.3. The SMILES string of the molecule is Cn1cc(CN2CC[C@H]3NC(=O)CC[C@@H]32)cn1.O=C(O)C(F)(F)F. The van der Waals surface area contributed by atoms with Crippen molar-refractivity contribution in [2.24, 2.45) is 7.05 Å². The van der Waals surface area contributed by atoms with Crippen molar-refractivity contribution in [1.82, 2.24) is 20.0 Å². The number of carbonyl (C=O) groups excluding carboxylic acids is 1. The van der Waals surface area contributed by atoms with Crippen molar-refractivity contribution >= 4 is 11.9 Å². The standard InChI is InChI=1S/C12H18N4O.C2HF3O2/c1-15-7-9(6-13-15)8-16-5-4-10-11(16)2-3-12(17)14-10;3-2(4,5)1(6)7/h6-7,10-11H,2-5,8H2,1H3,(H,14,17);(H,6,7)/t10-,11+;/m1./s1. The van der Waals surface area contributed by atoms with Crippen molar-refractivity contribution < 1.29 is 27.9 Å². The summed E-state index contributed by atoms with van der Waals surface area (Å²) in [6.45, 7) is 2.02. The molecule has 7 nitrogen and oxygen atoms in total. The number of nitrogens with zero attached hydrogens (tertiary/aromatic N) is 3. The van der Waals surface area contributed by atoms with Crippen LogP contribution in [0.4, 0.5) is 13.2 Å². The lowest BCUT2D eigenvalue weighted by Gasteiger charge is -2.31. The van der Waals surface area contributed by atoms with Gasteiger partial charge in [-0.3, -0.25) is 14.4 Å². The van der Waals surface area contributed by atoms with Gasteiger partial charge in [-0.05, 0) is 12.8 Å². The Hall–Kier alpha value is -2.10. The van der Waals surface area contributed by atoms with E-state index in [0.29, 0.717) is 18.5 Å². The first-order valence-corrected chi connectivity index (χ1v) is 7.48. The molecule has 2 aliphatic rings. The Morgan fingerprint density at radius 3 is 2.67 bits per heavy atom. The molecule has 2 aliphatic heterocycles. The van der Waals surface area contributed by atoms with Gasteiger partial charge in [0.15, 0.2) is 0 Å². The van der Waals surface area contributed by atoms with Gasteiger partial charge < -0.3 is 10.4 Å². The fourth-order valence-electron chi connectivity index (χ4n) is 3.01. The normalized spacial score (nSPS) is 23.9. The van der Waals surface area contributed by atoms with E-state index in [0.717, 1.165) is 25.9 Å². The molecule has 0 bridgehead atoms. The van der Waals surface area contributed by atoms with Crippen LogP contribution in [0.3, 0.4) is 0 Å². The van der Waals surface area contributed by atoms with Gasteiger partial charge in [0.05, 0.1) is 6.20 Å². The molecule has 1 aromatic rings. The number of hydrogen-bond donors (Lipinski definition) is 2. The lowest BCUT2D eigenvalue weighted by Crippen LogP contribution is -2.49. The summed E-state index contributed by atoms with van der Waals surface area (Å²) >= 11 is 0. The molecule has 0 aromatic carbocycles. The van der Waals surface area contributed by atoms with Crippen molar-refractivity contribution in [2.75, 3.05) is 6.54 Å². The van der Waals surface area contributed by atoms with Crippen LogP contribution in [0, 0.1) is 0 Å². The zero-order chi connectivity index (χ0) is 17.9. The highest BCUT2D eigenvalue weighted by atomic mass is 19.4. The first kappa shape index (κ1) is 18.2. The molecule has 24 heavy (non-hydrogen) atoms. The number of amides is 1. The number of fused-ring (bicyclic) bond motifs is 1. The van der Waals surface area contributed by atoms with Crippen LogP contribution in [0.15, 0.2) is 12.4 Å². The molecule has 0 spiro atoms. The first-order chi connectivity index (χ1) is 11.2. The zero-order valence-electron chi connectivity index (χ0n) is 13.1. The number of carboxylic acid groups (broad SMARTS) is 1. The number of likely N-dealkylation sites (tertiary alicyclic amines) is 1. The van der Waals surface area contributed by atoms with E-state index in [-0.39, 0.29) is 5.91 Å². The fourth-order valence-corrected chi connectivity index (χ4v) is 3.01. The third-order valence-electron chi connectivity index (χ3n) is 4.06. The van der Waals surface area contributed by atoms with Crippen molar-refractivity contribution in [1.29, 1.82) is 0 Å². The van der Waals surface area contributed by atoms with Gasteiger partial charge in [-0.2, -0.15) is 18.3 Å². The molecule has 10 heteroatoms. The predicted octanol–water partition coefficient (Wildman–Crippen LogP) is 0.906. The van der Waals surface area contributed by atoms with Crippen LogP contribution in [0.25, 0.3) is 0 Å². The minimum atomic E-state index is -5.08. The lowest BCUT2D eigenvalue weighted by molar-refractivity contribution is -0.192. The maximum absolute atomic E-state index is 11.3. The Morgan fingerprint density at radius 2 is 2.12 bits per heavy atom. The van der Waals surface area contributed by atoms with E-state index in [1.807, 2.05) is 17.9 Å². The zero-order valence-corrected chi connectivity index (χ0v) is 13.1. The van der Waals surface area contributed by atoms with E-state index in [1.165, 1.54) is 5.56 Å². The molecular formula is C14H19F3N4O3. The maximum Gasteiger partial charge on any atom is 0.490 e. The van der Waals surface area contributed by atoms with Crippen LogP contribution in [0.2, 0.25) is 0 Å². The van der Waals surface area contributed by atoms with Crippen molar-refractivity contribution in [3.63, 3.8) is 0 Å². The average molecular weight is 348 g/mol. The van der Waals surface area contributed by atoms with Gasteiger partial charge in [0.2, 0.25) is 5.91 Å². The number of alkyl halides is 3. The van der Waals surface area contributed by atoms with Gasteiger partial charge in [-0.15, -0.1) is 0 Å². The summed E-state index contributed by atoms with van der Waals surface area (Å²) in [6, 6.07) is 0.890. The van der Waals surface area contributed by atoms with E-state index in [2.05, 4.69) is 21.5 Å². The smallest absolute Gasteiger partial charge is 0.475 e. The molecule has 1 aromatic heterocycles. The Morgan fingerprint density at radius 1 is 1.46 bits per heavy atom. The summed E-state index contributed by atoms with van der Waals surface area (Å²) < 4.78 is 33.6. The van der Waals surface area contributed by atoms with Gasteiger partial charge in [-0.1, -0.05) is 0 Å². The fraction of sp³-hybridized carbons (Fsp3) is 0.643. The van der Waals surface area contributed by atoms with E-state index in [4.69, 9.17) is 9.90 Å². The van der Waals surface area contributed by atoms with Crippen LogP contribution >= 0.6 is 0 Å². The number of nitrogens with one attached hydrogen (secondary N) is 1. The monoisotopic (exact) mass is 348 g/mol. The number of piperidine rings is 1. The Bertz CT molecular complexity index is 602. The average Bonchev–Trinajstić information content (AvgIpc) is 3.05. The van der Waals surface area contributed by atoms with E-state index < -0.39 is 12.1 Å². The van der Waals surface area contributed by atoms with Gasteiger partial charge in [0.25, 0.3) is 0 Å². The molecule has 2 N–H and O–H groups in total. The van der Waals surface area contributed by atoms with Crippen molar-refractivity contribution in [3.05, 3.63) is 18.0 Å². The summed E-state index contributed by atoms with van der Waals surface area (Å²) in [5.74, 6) is -2.54. The summed E-state index contributed by atoms with van der Waals surface area (Å²) in [5, 5.41) is 14.4. The van der Waals surface area contributed by atoms with Crippen LogP contribution < -0.4 is 5.32 Å². The third kappa shape index (κ3) is 4.70. The molecule has 3 heterocycles. The van der Waals surface area contributed by atoms with Crippen LogP contribution in [0.1, 0.15) is 24.8 Å². The highest BCUT2D eigenvalue weighted by molar-refractivity contribution is 5.77. The minimum Gasteiger partial charge on any atom is -0.475 e. The molecule has 2 fully saturated rings. The van der Waals surface area contributed by atoms with Gasteiger partial charge >= 0.3 is 12.1 Å². The third-order valence-corrected chi connectivity index (χ3v) is 4.06. The number of aliphatic carboxylic acids is 1. The minimum absolute atomic E-state index is 0.217. The summed E-state index contributed by atoms with van der Waals surface area (Å²) in [6.07, 6.45) is 1.65. The molecular weight excluding hydrogens is 329 g/mol. The number of hydrogen-bond acceptors (Lipinski definition) is 4. The predicted molar refractivity (Wildman–Crippen MR) is 76.9 cm³/mol. The van der Waals surface area contributed by atoms with E-state index in [1.54, 1.807) is 0 Å². The van der Waals surface area contributed by atoms with Crippen LogP contribution in [-0.4, -0.2) is 56.5 Å². The highest BCUT2D eigenvalue weighted by Gasteiger charge is 2.38. The number of carboxylic acids is 1. The molecule has 134 valence electrons. The van der Waals surface area contributed by atoms with Crippen LogP contribution in [-0.2, 0) is 23.2 Å². The summed E-state index contributed by atoms with van der Waals surface area (Å²) in [7, 11) is 1.94. The highest BCUT2D eigenvalue weighted by Crippen LogP contribution is 2.26. The number of aromatic nitrogens is 2. The molecule has 1 amide bonds. The molecule has 2 saturated heterocycles. The molecule has 2 atom stereocenters. The number of rotatable bonds is 2. The van der Waals surface area contributed by atoms with Gasteiger partial charge in [-0.25, -0.2) is 4.79 Å². The molecule has 0 aliphatic carbocycles. The summed E-state index contributed by atoms with van der Waals surface area (Å²) in [4.78, 5) is 22.7. The Kier molecular flexibility index (Phi) is 5.47.